The molecule has 1 heterocycles. The molecule has 0 aromatic carbocycles. The zero-order valence-corrected chi connectivity index (χ0v) is 12.2. The topological polar surface area (TPSA) is 36.0 Å². The van der Waals surface area contributed by atoms with Crippen LogP contribution in [0.2, 0.25) is 0 Å². The number of ether oxygens (including phenoxy) is 1. The fraction of sp³-hybridized carbons (Fsp3) is 0.923. The lowest BCUT2D eigenvalue weighted by atomic mass is 10.3. The molecule has 0 spiro atoms. The predicted molar refractivity (Wildman–Crippen MR) is 72.7 cm³/mol. The van der Waals surface area contributed by atoms with Gasteiger partial charge in [-0.25, -0.2) is 0 Å². The van der Waals surface area contributed by atoms with E-state index in [-0.39, 0.29) is 18.6 Å². The van der Waals surface area contributed by atoms with Crippen LogP contribution in [0.4, 0.5) is 0 Å². The van der Waals surface area contributed by atoms with Gasteiger partial charge in [-0.2, -0.15) is 0 Å². The van der Waals surface area contributed by atoms with E-state index in [4.69, 9.17) is 4.74 Å². The third kappa shape index (κ3) is 5.80. The molecule has 1 saturated heterocycles. The van der Waals surface area contributed by atoms with E-state index in [1.54, 1.807) is 0 Å². The number of carbonyl (C=O) groups is 1. The van der Waals surface area contributed by atoms with Gasteiger partial charge >= 0.3 is 0 Å². The van der Waals surface area contributed by atoms with Gasteiger partial charge in [0.25, 0.3) is 0 Å². The molecule has 0 unspecified atom stereocenters. The van der Waals surface area contributed by atoms with Crippen LogP contribution >= 0.6 is 0 Å². The maximum atomic E-state index is 11.8. The van der Waals surface area contributed by atoms with Crippen molar-refractivity contribution in [2.24, 2.45) is 0 Å². The summed E-state index contributed by atoms with van der Waals surface area (Å²) in [5, 5.41) is 0. The van der Waals surface area contributed by atoms with Crippen LogP contribution in [0.1, 0.15) is 13.8 Å². The van der Waals surface area contributed by atoms with Crippen molar-refractivity contribution < 1.29 is 9.53 Å². The number of rotatable bonds is 6. The van der Waals surface area contributed by atoms with Gasteiger partial charge in [-0.15, -0.1) is 0 Å². The first-order valence-corrected chi connectivity index (χ1v) is 6.75. The van der Waals surface area contributed by atoms with Gasteiger partial charge in [0.1, 0.15) is 6.61 Å². The van der Waals surface area contributed by atoms with Crippen molar-refractivity contribution in [3.63, 3.8) is 0 Å². The van der Waals surface area contributed by atoms with Gasteiger partial charge < -0.3 is 14.5 Å². The zero-order chi connectivity index (χ0) is 13.5. The number of hydrogen-bond donors (Lipinski definition) is 0. The predicted octanol–water partition coefficient (Wildman–Crippen LogP) is 0.117. The Labute approximate surface area is 111 Å². The molecular weight excluding hydrogens is 230 g/mol. The standard InChI is InChI=1S/C13H27N3O2/c1-12(2)18-11-13(17)16-9-7-15(8-10-16)6-5-14(3)4/h12H,5-11H2,1-4H3. The SMILES string of the molecule is CC(C)OCC(=O)N1CCN(CCN(C)C)CC1. The maximum absolute atomic E-state index is 11.8. The van der Waals surface area contributed by atoms with Crippen LogP contribution < -0.4 is 0 Å². The van der Waals surface area contributed by atoms with Crippen molar-refractivity contribution >= 4 is 5.91 Å². The molecule has 0 aliphatic carbocycles. The quantitative estimate of drug-likeness (QED) is 0.677. The van der Waals surface area contributed by atoms with E-state index < -0.39 is 0 Å². The first-order valence-electron chi connectivity index (χ1n) is 6.75. The molecule has 0 aromatic heterocycles. The molecule has 106 valence electrons. The largest absolute Gasteiger partial charge is 0.369 e. The second-order valence-electron chi connectivity index (χ2n) is 5.39. The highest BCUT2D eigenvalue weighted by Gasteiger charge is 2.20. The molecule has 18 heavy (non-hydrogen) atoms. The van der Waals surface area contributed by atoms with E-state index in [0.29, 0.717) is 0 Å². The van der Waals surface area contributed by atoms with Crippen molar-refractivity contribution in [2.45, 2.75) is 20.0 Å². The number of amides is 1. The maximum Gasteiger partial charge on any atom is 0.248 e. The molecule has 1 aliphatic rings. The Morgan fingerprint density at radius 3 is 2.33 bits per heavy atom. The minimum Gasteiger partial charge on any atom is -0.369 e. The Balaban J connectivity index is 2.20. The van der Waals surface area contributed by atoms with Crippen molar-refractivity contribution in [2.75, 3.05) is 60.0 Å². The summed E-state index contributed by atoms with van der Waals surface area (Å²) < 4.78 is 5.35. The van der Waals surface area contributed by atoms with Crippen LogP contribution in [-0.2, 0) is 9.53 Å². The lowest BCUT2D eigenvalue weighted by Gasteiger charge is -2.35. The smallest absolute Gasteiger partial charge is 0.248 e. The molecule has 1 amide bonds. The zero-order valence-electron chi connectivity index (χ0n) is 12.2. The third-order valence-corrected chi connectivity index (χ3v) is 3.13. The first kappa shape index (κ1) is 15.4. The van der Waals surface area contributed by atoms with Crippen molar-refractivity contribution in [1.29, 1.82) is 0 Å². The minimum absolute atomic E-state index is 0.121. The van der Waals surface area contributed by atoms with E-state index >= 15 is 0 Å². The van der Waals surface area contributed by atoms with Crippen LogP contribution in [-0.4, -0.2) is 86.7 Å². The number of likely N-dealkylation sites (N-methyl/N-ethyl adjacent to an activating group) is 1. The summed E-state index contributed by atoms with van der Waals surface area (Å²) in [7, 11) is 4.17. The van der Waals surface area contributed by atoms with Crippen molar-refractivity contribution in [1.82, 2.24) is 14.7 Å². The first-order chi connectivity index (χ1) is 8.49. The second-order valence-corrected chi connectivity index (χ2v) is 5.39. The minimum atomic E-state index is 0.121. The lowest BCUT2D eigenvalue weighted by Crippen LogP contribution is -2.50. The summed E-state index contributed by atoms with van der Waals surface area (Å²) in [5.41, 5.74) is 0. The Morgan fingerprint density at radius 1 is 1.22 bits per heavy atom. The second kappa shape index (κ2) is 7.71. The summed E-state index contributed by atoms with van der Waals surface area (Å²) in [6, 6.07) is 0. The van der Waals surface area contributed by atoms with Crippen LogP contribution in [0.15, 0.2) is 0 Å². The lowest BCUT2D eigenvalue weighted by molar-refractivity contribution is -0.139. The summed E-state index contributed by atoms with van der Waals surface area (Å²) in [6.07, 6.45) is 0.121. The molecule has 0 radical (unpaired) electrons. The van der Waals surface area contributed by atoms with E-state index in [2.05, 4.69) is 23.9 Å². The number of nitrogens with zero attached hydrogens (tertiary/aromatic N) is 3. The Kier molecular flexibility index (Phi) is 6.60. The number of piperazine rings is 1. The summed E-state index contributed by atoms with van der Waals surface area (Å²) in [6.45, 7) is 9.88. The highest BCUT2D eigenvalue weighted by molar-refractivity contribution is 5.77. The van der Waals surface area contributed by atoms with E-state index in [9.17, 15) is 4.79 Å². The Hall–Kier alpha value is -0.650. The van der Waals surface area contributed by atoms with Gasteiger partial charge in [-0.05, 0) is 27.9 Å². The van der Waals surface area contributed by atoms with Crippen LogP contribution in [0.5, 0.6) is 0 Å². The third-order valence-electron chi connectivity index (χ3n) is 3.13. The normalized spacial score (nSPS) is 17.8. The number of carbonyl (C=O) groups excluding carboxylic acids is 1. The van der Waals surface area contributed by atoms with Crippen LogP contribution in [0.3, 0.4) is 0 Å². The summed E-state index contributed by atoms with van der Waals surface area (Å²) in [5.74, 6) is 0.121. The van der Waals surface area contributed by atoms with Gasteiger partial charge in [0.05, 0.1) is 6.10 Å². The molecular formula is C13H27N3O2. The molecule has 1 fully saturated rings. The Bertz CT molecular complexity index is 249. The average molecular weight is 257 g/mol. The molecule has 1 rings (SSSR count). The van der Waals surface area contributed by atoms with Gasteiger partial charge in [-0.3, -0.25) is 9.69 Å². The molecule has 0 saturated carbocycles. The van der Waals surface area contributed by atoms with Gasteiger partial charge in [0.15, 0.2) is 0 Å². The van der Waals surface area contributed by atoms with Crippen molar-refractivity contribution in [3.8, 4) is 0 Å². The monoisotopic (exact) mass is 257 g/mol. The molecule has 5 nitrogen and oxygen atoms in total. The molecule has 0 N–H and O–H groups in total. The van der Waals surface area contributed by atoms with E-state index in [0.717, 1.165) is 39.3 Å². The molecule has 0 atom stereocenters. The molecule has 5 heteroatoms. The van der Waals surface area contributed by atoms with Gasteiger partial charge in [0, 0.05) is 39.3 Å². The van der Waals surface area contributed by atoms with Crippen molar-refractivity contribution in [3.05, 3.63) is 0 Å². The summed E-state index contributed by atoms with van der Waals surface area (Å²) in [4.78, 5) is 18.4. The molecule has 0 aromatic rings. The Morgan fingerprint density at radius 2 is 1.83 bits per heavy atom. The van der Waals surface area contributed by atoms with Crippen LogP contribution in [0, 0.1) is 0 Å². The van der Waals surface area contributed by atoms with E-state index in [1.807, 2.05) is 18.7 Å². The number of hydrogen-bond acceptors (Lipinski definition) is 4. The van der Waals surface area contributed by atoms with Crippen LogP contribution in [0.25, 0.3) is 0 Å². The van der Waals surface area contributed by atoms with E-state index in [1.165, 1.54) is 0 Å². The summed E-state index contributed by atoms with van der Waals surface area (Å²) >= 11 is 0. The fourth-order valence-corrected chi connectivity index (χ4v) is 1.89. The highest BCUT2D eigenvalue weighted by Crippen LogP contribution is 2.03. The molecule has 0 bridgehead atoms. The highest BCUT2D eigenvalue weighted by atomic mass is 16.5. The van der Waals surface area contributed by atoms with Gasteiger partial charge in [0.2, 0.25) is 5.91 Å². The van der Waals surface area contributed by atoms with Gasteiger partial charge in [-0.1, -0.05) is 0 Å². The average Bonchev–Trinajstić information content (AvgIpc) is 2.34. The fourth-order valence-electron chi connectivity index (χ4n) is 1.89. The molecule has 1 aliphatic heterocycles.